The van der Waals surface area contributed by atoms with E-state index < -0.39 is 0 Å². The van der Waals surface area contributed by atoms with Crippen molar-refractivity contribution in [2.45, 2.75) is 19.8 Å². The number of aromatic nitrogens is 4. The summed E-state index contributed by atoms with van der Waals surface area (Å²) in [6, 6.07) is 0. The van der Waals surface area contributed by atoms with Crippen LogP contribution >= 0.6 is 0 Å². The highest BCUT2D eigenvalue weighted by atomic mass is 16.5. The van der Waals surface area contributed by atoms with Gasteiger partial charge in [0, 0.05) is 30.7 Å². The van der Waals surface area contributed by atoms with Crippen LogP contribution in [0.2, 0.25) is 0 Å². The average Bonchev–Trinajstić information content (AvgIpc) is 2.48. The summed E-state index contributed by atoms with van der Waals surface area (Å²) in [6.07, 6.45) is 8.05. The van der Waals surface area contributed by atoms with Gasteiger partial charge in [-0.05, 0) is 0 Å². The lowest BCUT2D eigenvalue weighted by molar-refractivity contribution is 0.386. The summed E-state index contributed by atoms with van der Waals surface area (Å²) in [5.74, 6) is 1.54. The number of nitrogens with zero attached hydrogens (tertiary/aromatic N) is 4. The largest absolute Gasteiger partial charge is 0.480 e. The summed E-state index contributed by atoms with van der Waals surface area (Å²) >= 11 is 0. The molecule has 0 aliphatic rings. The maximum atomic E-state index is 5.03. The number of ether oxygens (including phenoxy) is 2. The van der Waals surface area contributed by atoms with E-state index in [-0.39, 0.29) is 0 Å². The molecule has 6 heteroatoms. The molecular weight excluding hydrogens is 244 g/mol. The Hall–Kier alpha value is -2.24. The lowest BCUT2D eigenvalue weighted by Gasteiger charge is -2.07. The van der Waals surface area contributed by atoms with Gasteiger partial charge in [-0.15, -0.1) is 0 Å². The third kappa shape index (κ3) is 4.87. The van der Waals surface area contributed by atoms with Crippen molar-refractivity contribution in [1.82, 2.24) is 19.9 Å². The van der Waals surface area contributed by atoms with Crippen LogP contribution in [0, 0.1) is 0 Å². The zero-order chi connectivity index (χ0) is 14.1. The Balaban J connectivity index is 0.000000200. The predicted octanol–water partition coefficient (Wildman–Crippen LogP) is 2.09. The fourth-order valence-electron chi connectivity index (χ4n) is 1.28. The molecule has 0 bridgehead atoms. The number of rotatable bonds is 3. The van der Waals surface area contributed by atoms with Gasteiger partial charge in [0.25, 0.3) is 0 Å². The second-order valence-electron chi connectivity index (χ2n) is 3.85. The molecule has 2 aromatic heterocycles. The Morgan fingerprint density at radius 2 is 1.58 bits per heavy atom. The van der Waals surface area contributed by atoms with E-state index in [1.54, 1.807) is 45.2 Å². The molecule has 0 aliphatic heterocycles. The van der Waals surface area contributed by atoms with Crippen LogP contribution in [-0.4, -0.2) is 34.2 Å². The molecule has 2 aromatic rings. The van der Waals surface area contributed by atoms with E-state index >= 15 is 0 Å². The predicted molar refractivity (Wildman–Crippen MR) is 71.3 cm³/mol. The van der Waals surface area contributed by atoms with Gasteiger partial charge in [0.2, 0.25) is 11.8 Å². The van der Waals surface area contributed by atoms with Crippen LogP contribution in [0.5, 0.6) is 11.8 Å². The summed E-state index contributed by atoms with van der Waals surface area (Å²) in [5, 5.41) is 0. The molecule has 0 aromatic carbocycles. The fraction of sp³-hybridized carbons (Fsp3) is 0.385. The van der Waals surface area contributed by atoms with Gasteiger partial charge in [0.05, 0.1) is 20.4 Å². The standard InChI is InChI=1S/C8H12N2O.C5H6N2O/c1-6(2)7-8(11-3)10-5-4-9-7;1-8-5-4-6-2-3-7-5/h4-6H,1-3H3;2-4H,1H3. The molecule has 0 saturated carbocycles. The van der Waals surface area contributed by atoms with E-state index in [4.69, 9.17) is 9.47 Å². The topological polar surface area (TPSA) is 70.0 Å². The third-order valence-electron chi connectivity index (χ3n) is 2.18. The minimum absolute atomic E-state index is 0.360. The highest BCUT2D eigenvalue weighted by Crippen LogP contribution is 2.19. The second-order valence-corrected chi connectivity index (χ2v) is 3.85. The summed E-state index contributed by atoms with van der Waals surface area (Å²) < 4.78 is 9.77. The van der Waals surface area contributed by atoms with E-state index in [0.717, 1.165) is 5.69 Å². The van der Waals surface area contributed by atoms with Crippen LogP contribution in [0.1, 0.15) is 25.5 Å². The van der Waals surface area contributed by atoms with E-state index in [1.165, 1.54) is 0 Å². The lowest BCUT2D eigenvalue weighted by Crippen LogP contribution is -1.99. The van der Waals surface area contributed by atoms with Gasteiger partial charge in [0.1, 0.15) is 5.69 Å². The molecule has 0 spiro atoms. The normalized spacial score (nSPS) is 9.53. The van der Waals surface area contributed by atoms with Crippen molar-refractivity contribution in [1.29, 1.82) is 0 Å². The van der Waals surface area contributed by atoms with Gasteiger partial charge in [-0.1, -0.05) is 13.8 Å². The summed E-state index contributed by atoms with van der Waals surface area (Å²) in [7, 11) is 3.17. The monoisotopic (exact) mass is 262 g/mol. The van der Waals surface area contributed by atoms with Gasteiger partial charge in [-0.25, -0.2) is 9.97 Å². The lowest BCUT2D eigenvalue weighted by atomic mass is 10.1. The van der Waals surface area contributed by atoms with Crippen molar-refractivity contribution in [2.75, 3.05) is 14.2 Å². The maximum absolute atomic E-state index is 5.03. The van der Waals surface area contributed by atoms with Crippen molar-refractivity contribution in [3.63, 3.8) is 0 Å². The maximum Gasteiger partial charge on any atom is 0.235 e. The summed E-state index contributed by atoms with van der Waals surface area (Å²) in [5.41, 5.74) is 0.912. The third-order valence-corrected chi connectivity index (χ3v) is 2.18. The van der Waals surface area contributed by atoms with Gasteiger partial charge < -0.3 is 9.47 Å². The first-order chi connectivity index (χ1) is 9.19. The molecule has 2 rings (SSSR count). The molecule has 0 radical (unpaired) electrons. The Morgan fingerprint density at radius 3 is 2.00 bits per heavy atom. The number of hydrogen-bond acceptors (Lipinski definition) is 6. The Kier molecular flexibility index (Phi) is 6.21. The van der Waals surface area contributed by atoms with E-state index in [0.29, 0.717) is 17.7 Å². The van der Waals surface area contributed by atoms with Crippen molar-refractivity contribution >= 4 is 0 Å². The zero-order valence-corrected chi connectivity index (χ0v) is 11.6. The molecule has 0 saturated heterocycles. The number of hydrogen-bond donors (Lipinski definition) is 0. The van der Waals surface area contributed by atoms with E-state index in [2.05, 4.69) is 33.8 Å². The van der Waals surface area contributed by atoms with Gasteiger partial charge in [-0.3, -0.25) is 9.97 Å². The molecule has 0 amide bonds. The molecule has 6 nitrogen and oxygen atoms in total. The van der Waals surface area contributed by atoms with E-state index in [1.807, 2.05) is 0 Å². The van der Waals surface area contributed by atoms with Crippen molar-refractivity contribution in [2.24, 2.45) is 0 Å². The van der Waals surface area contributed by atoms with Crippen LogP contribution in [0.25, 0.3) is 0 Å². The minimum Gasteiger partial charge on any atom is -0.480 e. The molecule has 102 valence electrons. The Labute approximate surface area is 112 Å². The van der Waals surface area contributed by atoms with Gasteiger partial charge >= 0.3 is 0 Å². The first-order valence-electron chi connectivity index (χ1n) is 5.84. The van der Waals surface area contributed by atoms with Crippen LogP contribution in [0.3, 0.4) is 0 Å². The highest BCUT2D eigenvalue weighted by molar-refractivity contribution is 5.20. The summed E-state index contributed by atoms with van der Waals surface area (Å²) in [6.45, 7) is 4.12. The van der Waals surface area contributed by atoms with Crippen molar-refractivity contribution < 1.29 is 9.47 Å². The van der Waals surface area contributed by atoms with Crippen LogP contribution < -0.4 is 9.47 Å². The number of methoxy groups -OCH3 is 2. The Morgan fingerprint density at radius 1 is 0.895 bits per heavy atom. The van der Waals surface area contributed by atoms with Crippen molar-refractivity contribution in [3.8, 4) is 11.8 Å². The minimum atomic E-state index is 0.360. The molecule has 0 aliphatic carbocycles. The van der Waals surface area contributed by atoms with Crippen molar-refractivity contribution in [3.05, 3.63) is 36.7 Å². The average molecular weight is 262 g/mol. The van der Waals surface area contributed by atoms with Gasteiger partial charge in [-0.2, -0.15) is 0 Å². The molecule has 0 N–H and O–H groups in total. The first kappa shape index (κ1) is 14.8. The molecule has 0 atom stereocenters. The molecule has 0 fully saturated rings. The van der Waals surface area contributed by atoms with Crippen LogP contribution in [0.4, 0.5) is 0 Å². The molecular formula is C13H18N4O2. The summed E-state index contributed by atoms with van der Waals surface area (Å²) in [4.78, 5) is 15.8. The smallest absolute Gasteiger partial charge is 0.235 e. The SMILES string of the molecule is COc1cnccn1.COc1nccnc1C(C)C. The van der Waals surface area contributed by atoms with E-state index in [9.17, 15) is 0 Å². The van der Waals surface area contributed by atoms with Crippen LogP contribution in [0.15, 0.2) is 31.0 Å². The Bertz CT molecular complexity index is 477. The fourth-order valence-corrected chi connectivity index (χ4v) is 1.28. The first-order valence-corrected chi connectivity index (χ1v) is 5.84. The van der Waals surface area contributed by atoms with Crippen LogP contribution in [-0.2, 0) is 0 Å². The molecule has 19 heavy (non-hydrogen) atoms. The molecule has 2 heterocycles. The second kappa shape index (κ2) is 7.97. The van der Waals surface area contributed by atoms with Gasteiger partial charge in [0.15, 0.2) is 0 Å². The quantitative estimate of drug-likeness (QED) is 0.843. The zero-order valence-electron chi connectivity index (χ0n) is 11.6. The highest BCUT2D eigenvalue weighted by Gasteiger charge is 2.07. The molecule has 0 unspecified atom stereocenters.